The van der Waals surface area contributed by atoms with E-state index < -0.39 is 0 Å². The highest BCUT2D eigenvalue weighted by Gasteiger charge is 2.28. The van der Waals surface area contributed by atoms with Gasteiger partial charge in [-0.3, -0.25) is 9.59 Å². The quantitative estimate of drug-likeness (QED) is 0.495. The number of aliphatic imine (C=N–C) groups is 1. The van der Waals surface area contributed by atoms with Gasteiger partial charge in [0.25, 0.3) is 0 Å². The van der Waals surface area contributed by atoms with Crippen molar-refractivity contribution in [3.8, 4) is 0 Å². The highest BCUT2D eigenvalue weighted by molar-refractivity contribution is 9.11. The summed E-state index contributed by atoms with van der Waals surface area (Å²) in [5, 5.41) is 2.72. The summed E-state index contributed by atoms with van der Waals surface area (Å²) in [7, 11) is 0. The molecule has 1 N–H and O–H groups in total. The van der Waals surface area contributed by atoms with Gasteiger partial charge in [-0.1, -0.05) is 0 Å². The molecule has 1 aliphatic heterocycles. The number of anilines is 2. The monoisotopic (exact) mass is 499 g/mol. The molecule has 1 aliphatic rings. The number of nitrogens with zero attached hydrogens (tertiary/aromatic N) is 2. The van der Waals surface area contributed by atoms with Gasteiger partial charge in [0.15, 0.2) is 0 Å². The molecular weight excluding hydrogens is 481 g/mol. The fraction of sp³-hybridized carbons (Fsp3) is 0.174. The number of halogens is 2. The van der Waals surface area contributed by atoms with Gasteiger partial charge in [-0.2, -0.15) is 0 Å². The Kier molecular flexibility index (Phi) is 6.02. The van der Waals surface area contributed by atoms with E-state index >= 15 is 0 Å². The molecule has 0 bridgehead atoms. The number of hydrogen-bond donors (Lipinski definition) is 1. The summed E-state index contributed by atoms with van der Waals surface area (Å²) < 4.78 is 14.1. The number of carbonyl (C=O) groups excluding carboxylic acids is 2. The average molecular weight is 500 g/mol. The molecule has 31 heavy (non-hydrogen) atoms. The molecule has 8 heteroatoms. The second-order valence-electron chi connectivity index (χ2n) is 7.30. The molecule has 3 aromatic rings. The number of thiophene rings is 1. The molecule has 158 valence electrons. The van der Waals surface area contributed by atoms with Crippen LogP contribution in [0.2, 0.25) is 0 Å². The molecule has 0 radical (unpaired) electrons. The first-order valence-electron chi connectivity index (χ1n) is 9.60. The lowest BCUT2D eigenvalue weighted by Crippen LogP contribution is -2.38. The molecule has 0 fully saturated rings. The van der Waals surface area contributed by atoms with Gasteiger partial charge in [0.1, 0.15) is 12.4 Å². The number of benzene rings is 2. The molecule has 0 unspecified atom stereocenters. The molecule has 4 rings (SSSR count). The van der Waals surface area contributed by atoms with Crippen LogP contribution in [-0.4, -0.2) is 24.1 Å². The van der Waals surface area contributed by atoms with Crippen LogP contribution in [0.25, 0.3) is 0 Å². The fourth-order valence-electron chi connectivity index (χ4n) is 3.31. The molecule has 5 nitrogen and oxygen atoms in total. The molecule has 0 saturated heterocycles. The van der Waals surface area contributed by atoms with Crippen molar-refractivity contribution >= 4 is 61.9 Å². The summed E-state index contributed by atoms with van der Waals surface area (Å²) in [5.74, 6) is -0.962. The SMILES string of the molecule is Cc1cc2c(cc1C)N(CC(=O)Nc1ccc(F)cc1)C(=O)CC(c1ccc(Br)s1)=N2. The van der Waals surface area contributed by atoms with Crippen molar-refractivity contribution in [1.82, 2.24) is 0 Å². The summed E-state index contributed by atoms with van der Waals surface area (Å²) in [6.45, 7) is 3.79. The summed E-state index contributed by atoms with van der Waals surface area (Å²) in [6, 6.07) is 13.2. The molecular formula is C23H19BrFN3O2S. The Balaban J connectivity index is 1.66. The summed E-state index contributed by atoms with van der Waals surface area (Å²) in [6.07, 6.45) is 0.0869. The van der Waals surface area contributed by atoms with Crippen LogP contribution in [0.4, 0.5) is 21.5 Å². The normalized spacial score (nSPS) is 13.5. The van der Waals surface area contributed by atoms with Crippen molar-refractivity contribution in [1.29, 1.82) is 0 Å². The third kappa shape index (κ3) is 4.75. The van der Waals surface area contributed by atoms with Crippen molar-refractivity contribution in [2.45, 2.75) is 20.3 Å². The Labute approximate surface area is 191 Å². The topological polar surface area (TPSA) is 61.8 Å². The maximum absolute atomic E-state index is 13.2. The third-order valence-electron chi connectivity index (χ3n) is 5.04. The summed E-state index contributed by atoms with van der Waals surface area (Å²) in [5.41, 5.74) is 4.46. The molecule has 0 aliphatic carbocycles. The zero-order valence-corrected chi connectivity index (χ0v) is 19.3. The van der Waals surface area contributed by atoms with E-state index in [1.54, 1.807) is 0 Å². The number of aryl methyl sites for hydroxylation is 2. The average Bonchev–Trinajstić information content (AvgIpc) is 3.11. The lowest BCUT2D eigenvalue weighted by atomic mass is 10.1. The zero-order valence-electron chi connectivity index (χ0n) is 16.9. The van der Waals surface area contributed by atoms with Crippen LogP contribution in [0.15, 0.2) is 57.3 Å². The van der Waals surface area contributed by atoms with E-state index in [0.717, 1.165) is 19.8 Å². The van der Waals surface area contributed by atoms with Crippen LogP contribution in [0.1, 0.15) is 22.4 Å². The van der Waals surface area contributed by atoms with Gasteiger partial charge in [-0.25, -0.2) is 9.38 Å². The second kappa shape index (κ2) is 8.72. The minimum Gasteiger partial charge on any atom is -0.325 e. The van der Waals surface area contributed by atoms with Gasteiger partial charge >= 0.3 is 0 Å². The zero-order chi connectivity index (χ0) is 22.1. The van der Waals surface area contributed by atoms with Crippen molar-refractivity contribution < 1.29 is 14.0 Å². The van der Waals surface area contributed by atoms with E-state index in [4.69, 9.17) is 4.99 Å². The second-order valence-corrected chi connectivity index (χ2v) is 9.76. The maximum atomic E-state index is 13.2. The Morgan fingerprint density at radius 1 is 1.16 bits per heavy atom. The standard InChI is InChI=1S/C23H19BrFN3O2S/c1-13-9-17-19(10-14(13)2)28(12-22(29)26-16-5-3-15(25)4-6-16)23(30)11-18(27-17)20-7-8-21(24)31-20/h3-10H,11-12H2,1-2H3,(H,26,29). The summed E-state index contributed by atoms with van der Waals surface area (Å²) in [4.78, 5) is 33.1. The van der Waals surface area contributed by atoms with E-state index in [-0.39, 0.29) is 30.6 Å². The molecule has 2 amide bonds. The largest absolute Gasteiger partial charge is 0.325 e. The maximum Gasteiger partial charge on any atom is 0.244 e. The number of hydrogen-bond acceptors (Lipinski definition) is 4. The van der Waals surface area contributed by atoms with Gasteiger partial charge < -0.3 is 10.2 Å². The van der Waals surface area contributed by atoms with Crippen LogP contribution < -0.4 is 10.2 Å². The van der Waals surface area contributed by atoms with Gasteiger partial charge in [-0.05, 0) is 89.4 Å². The lowest BCUT2D eigenvalue weighted by Gasteiger charge is -2.23. The van der Waals surface area contributed by atoms with E-state index in [2.05, 4.69) is 21.2 Å². The van der Waals surface area contributed by atoms with Gasteiger partial charge in [0.2, 0.25) is 11.8 Å². The Morgan fingerprint density at radius 2 is 1.87 bits per heavy atom. The van der Waals surface area contributed by atoms with Gasteiger partial charge in [-0.15, -0.1) is 11.3 Å². The summed E-state index contributed by atoms with van der Waals surface area (Å²) >= 11 is 4.97. The highest BCUT2D eigenvalue weighted by atomic mass is 79.9. The van der Waals surface area contributed by atoms with Crippen molar-refractivity contribution in [3.05, 3.63) is 74.1 Å². The van der Waals surface area contributed by atoms with Gasteiger partial charge in [0, 0.05) is 5.69 Å². The number of amides is 2. The molecule has 2 heterocycles. The number of carbonyl (C=O) groups is 2. The van der Waals surface area contributed by atoms with Crippen molar-refractivity contribution in [2.24, 2.45) is 4.99 Å². The minimum atomic E-state index is -0.384. The van der Waals surface area contributed by atoms with Crippen LogP contribution in [0.5, 0.6) is 0 Å². The minimum absolute atomic E-state index is 0.0869. The van der Waals surface area contributed by atoms with Crippen LogP contribution in [-0.2, 0) is 9.59 Å². The number of fused-ring (bicyclic) bond motifs is 1. The molecule has 0 atom stereocenters. The first-order chi connectivity index (χ1) is 14.8. The van der Waals surface area contributed by atoms with Crippen LogP contribution in [0, 0.1) is 19.7 Å². The molecule has 1 aromatic heterocycles. The number of nitrogens with one attached hydrogen (secondary N) is 1. The first kappa shape index (κ1) is 21.4. The smallest absolute Gasteiger partial charge is 0.244 e. The highest BCUT2D eigenvalue weighted by Crippen LogP contribution is 2.36. The number of rotatable bonds is 4. The van der Waals surface area contributed by atoms with E-state index in [1.165, 1.54) is 40.5 Å². The molecule has 0 saturated carbocycles. The third-order valence-corrected chi connectivity index (χ3v) is 6.72. The van der Waals surface area contributed by atoms with Crippen LogP contribution >= 0.6 is 27.3 Å². The van der Waals surface area contributed by atoms with E-state index in [9.17, 15) is 14.0 Å². The Bertz CT molecular complexity index is 1200. The Morgan fingerprint density at radius 3 is 2.55 bits per heavy atom. The first-order valence-corrected chi connectivity index (χ1v) is 11.2. The Hall–Kier alpha value is -2.84. The predicted octanol–water partition coefficient (Wildman–Crippen LogP) is 5.76. The lowest BCUT2D eigenvalue weighted by molar-refractivity contribution is -0.120. The van der Waals surface area contributed by atoms with E-state index in [0.29, 0.717) is 22.8 Å². The molecule has 0 spiro atoms. The van der Waals surface area contributed by atoms with E-state index in [1.807, 2.05) is 38.1 Å². The molecule has 2 aromatic carbocycles. The van der Waals surface area contributed by atoms with Crippen LogP contribution in [0.3, 0.4) is 0 Å². The fourth-order valence-corrected chi connectivity index (χ4v) is 4.68. The predicted molar refractivity (Wildman–Crippen MR) is 126 cm³/mol. The van der Waals surface area contributed by atoms with Gasteiger partial charge in [0.05, 0.1) is 32.2 Å². The van der Waals surface area contributed by atoms with Crippen molar-refractivity contribution in [2.75, 3.05) is 16.8 Å². The van der Waals surface area contributed by atoms with Crippen molar-refractivity contribution in [3.63, 3.8) is 0 Å².